The minimum Gasteiger partial charge on any atom is -0.327 e. The molecule has 1 unspecified atom stereocenters. The molecule has 21 heavy (non-hydrogen) atoms. The molecule has 1 heterocycles. The van der Waals surface area contributed by atoms with Gasteiger partial charge in [0, 0.05) is 24.7 Å². The highest BCUT2D eigenvalue weighted by atomic mass is 16.2. The molecule has 1 aliphatic heterocycles. The molecule has 0 aliphatic carbocycles. The van der Waals surface area contributed by atoms with E-state index in [0.29, 0.717) is 6.42 Å². The van der Waals surface area contributed by atoms with E-state index in [4.69, 9.17) is 5.73 Å². The third-order valence-electron chi connectivity index (χ3n) is 4.29. The second-order valence-corrected chi connectivity index (χ2v) is 6.07. The number of nitrogens with two attached hydrogens (primary N) is 1. The van der Waals surface area contributed by atoms with Crippen LogP contribution in [0.5, 0.6) is 0 Å². The standard InChI is InChI=1S/C18H28N2O/c1-3-5-8-16(19)13-14-9-10-17-15(12-14)7-6-11-20(17)18(21)4-2/h9-10,12,16H,3-8,11,13,19H2,1-2H3. The fourth-order valence-electron chi connectivity index (χ4n) is 3.10. The fraction of sp³-hybridized carbons (Fsp3) is 0.611. The van der Waals surface area contributed by atoms with Gasteiger partial charge in [-0.3, -0.25) is 4.79 Å². The van der Waals surface area contributed by atoms with Gasteiger partial charge in [0.1, 0.15) is 0 Å². The van der Waals surface area contributed by atoms with Crippen LogP contribution in [0.3, 0.4) is 0 Å². The number of benzene rings is 1. The summed E-state index contributed by atoms with van der Waals surface area (Å²) in [6.07, 6.45) is 7.13. The molecular formula is C18H28N2O. The number of anilines is 1. The lowest BCUT2D eigenvalue weighted by atomic mass is 9.95. The predicted molar refractivity (Wildman–Crippen MR) is 88.6 cm³/mol. The molecular weight excluding hydrogens is 260 g/mol. The maximum Gasteiger partial charge on any atom is 0.226 e. The van der Waals surface area contributed by atoms with Gasteiger partial charge >= 0.3 is 0 Å². The molecule has 0 radical (unpaired) electrons. The van der Waals surface area contributed by atoms with Crippen molar-refractivity contribution in [3.63, 3.8) is 0 Å². The molecule has 1 amide bonds. The summed E-state index contributed by atoms with van der Waals surface area (Å²) >= 11 is 0. The minimum absolute atomic E-state index is 0.225. The lowest BCUT2D eigenvalue weighted by molar-refractivity contribution is -0.118. The van der Waals surface area contributed by atoms with E-state index in [-0.39, 0.29) is 11.9 Å². The Morgan fingerprint density at radius 2 is 2.19 bits per heavy atom. The van der Waals surface area contributed by atoms with Gasteiger partial charge in [0.15, 0.2) is 0 Å². The Bertz CT molecular complexity index is 484. The second-order valence-electron chi connectivity index (χ2n) is 6.07. The van der Waals surface area contributed by atoms with E-state index in [0.717, 1.165) is 37.9 Å². The number of hydrogen-bond acceptors (Lipinski definition) is 2. The van der Waals surface area contributed by atoms with E-state index in [1.807, 2.05) is 11.8 Å². The van der Waals surface area contributed by atoms with E-state index < -0.39 is 0 Å². The van der Waals surface area contributed by atoms with Crippen molar-refractivity contribution in [1.82, 2.24) is 0 Å². The van der Waals surface area contributed by atoms with Crippen LogP contribution < -0.4 is 10.6 Å². The van der Waals surface area contributed by atoms with Crippen LogP contribution in [0.4, 0.5) is 5.69 Å². The summed E-state index contributed by atoms with van der Waals surface area (Å²) in [6, 6.07) is 6.77. The zero-order valence-corrected chi connectivity index (χ0v) is 13.4. The molecule has 0 spiro atoms. The average Bonchev–Trinajstić information content (AvgIpc) is 2.51. The fourth-order valence-corrected chi connectivity index (χ4v) is 3.10. The predicted octanol–water partition coefficient (Wildman–Crippen LogP) is 3.44. The first kappa shape index (κ1) is 16.0. The van der Waals surface area contributed by atoms with Crippen molar-refractivity contribution >= 4 is 11.6 Å². The van der Waals surface area contributed by atoms with E-state index in [2.05, 4.69) is 25.1 Å². The highest BCUT2D eigenvalue weighted by Gasteiger charge is 2.21. The largest absolute Gasteiger partial charge is 0.327 e. The van der Waals surface area contributed by atoms with Crippen LogP contribution in [-0.2, 0) is 17.6 Å². The van der Waals surface area contributed by atoms with Crippen LogP contribution in [0.15, 0.2) is 18.2 Å². The Labute approximate surface area is 128 Å². The number of unbranched alkanes of at least 4 members (excludes halogenated alkanes) is 1. The molecule has 3 nitrogen and oxygen atoms in total. The molecule has 0 fully saturated rings. The van der Waals surface area contributed by atoms with Crippen molar-refractivity contribution in [2.45, 2.75) is 64.8 Å². The Morgan fingerprint density at radius 3 is 2.90 bits per heavy atom. The number of nitrogens with zero attached hydrogens (tertiary/aromatic N) is 1. The van der Waals surface area contributed by atoms with Gasteiger partial charge in [-0.25, -0.2) is 0 Å². The molecule has 1 aromatic rings. The third kappa shape index (κ3) is 4.07. The first-order valence-corrected chi connectivity index (χ1v) is 8.33. The summed E-state index contributed by atoms with van der Waals surface area (Å²) in [5, 5.41) is 0. The summed E-state index contributed by atoms with van der Waals surface area (Å²) in [5.74, 6) is 0.225. The van der Waals surface area contributed by atoms with Crippen LogP contribution in [0.1, 0.15) is 57.1 Å². The lowest BCUT2D eigenvalue weighted by Crippen LogP contribution is -2.35. The van der Waals surface area contributed by atoms with Gasteiger partial charge < -0.3 is 10.6 Å². The molecule has 0 saturated heterocycles. The van der Waals surface area contributed by atoms with Crippen molar-refractivity contribution in [2.24, 2.45) is 5.73 Å². The molecule has 2 N–H and O–H groups in total. The summed E-state index contributed by atoms with van der Waals surface area (Å²) in [4.78, 5) is 14.0. The average molecular weight is 288 g/mol. The number of aryl methyl sites for hydroxylation is 1. The Balaban J connectivity index is 2.10. The summed E-state index contributed by atoms with van der Waals surface area (Å²) < 4.78 is 0. The molecule has 2 rings (SSSR count). The SMILES string of the molecule is CCCCC(N)Cc1ccc2c(c1)CCCN2C(=O)CC. The number of rotatable bonds is 6. The molecule has 0 saturated carbocycles. The van der Waals surface area contributed by atoms with E-state index in [1.54, 1.807) is 0 Å². The quantitative estimate of drug-likeness (QED) is 0.871. The summed E-state index contributed by atoms with van der Waals surface area (Å²) in [7, 11) is 0. The van der Waals surface area contributed by atoms with Gasteiger partial charge in [-0.2, -0.15) is 0 Å². The smallest absolute Gasteiger partial charge is 0.226 e. The van der Waals surface area contributed by atoms with Gasteiger partial charge in [-0.15, -0.1) is 0 Å². The van der Waals surface area contributed by atoms with Crippen LogP contribution in [-0.4, -0.2) is 18.5 Å². The maximum absolute atomic E-state index is 12.0. The molecule has 1 atom stereocenters. The number of hydrogen-bond donors (Lipinski definition) is 1. The molecule has 3 heteroatoms. The number of carbonyl (C=O) groups is 1. The number of fused-ring (bicyclic) bond motifs is 1. The summed E-state index contributed by atoms with van der Waals surface area (Å²) in [6.45, 7) is 4.98. The molecule has 0 bridgehead atoms. The van der Waals surface area contributed by atoms with E-state index >= 15 is 0 Å². The molecule has 0 aromatic heterocycles. The van der Waals surface area contributed by atoms with Crippen molar-refractivity contribution in [3.05, 3.63) is 29.3 Å². The number of carbonyl (C=O) groups excluding carboxylic acids is 1. The van der Waals surface area contributed by atoms with Crippen molar-refractivity contribution in [1.29, 1.82) is 0 Å². The zero-order valence-electron chi connectivity index (χ0n) is 13.4. The van der Waals surface area contributed by atoms with Gasteiger partial charge in [0.05, 0.1) is 0 Å². The van der Waals surface area contributed by atoms with Crippen LogP contribution in [0, 0.1) is 0 Å². The van der Waals surface area contributed by atoms with Crippen LogP contribution >= 0.6 is 0 Å². The number of amides is 1. The maximum atomic E-state index is 12.0. The monoisotopic (exact) mass is 288 g/mol. The van der Waals surface area contributed by atoms with Gasteiger partial charge in [0.25, 0.3) is 0 Å². The Kier molecular flexibility index (Phi) is 5.80. The Morgan fingerprint density at radius 1 is 1.38 bits per heavy atom. The van der Waals surface area contributed by atoms with Crippen molar-refractivity contribution in [2.75, 3.05) is 11.4 Å². The topological polar surface area (TPSA) is 46.3 Å². The molecule has 1 aliphatic rings. The van der Waals surface area contributed by atoms with Crippen LogP contribution in [0.2, 0.25) is 0 Å². The normalized spacial score (nSPS) is 15.7. The van der Waals surface area contributed by atoms with Gasteiger partial charge in [0.2, 0.25) is 5.91 Å². The second kappa shape index (κ2) is 7.60. The zero-order chi connectivity index (χ0) is 15.2. The van der Waals surface area contributed by atoms with Gasteiger partial charge in [-0.1, -0.05) is 38.8 Å². The lowest BCUT2D eigenvalue weighted by Gasteiger charge is -2.30. The first-order chi connectivity index (χ1) is 10.2. The minimum atomic E-state index is 0.225. The van der Waals surface area contributed by atoms with Crippen LogP contribution in [0.25, 0.3) is 0 Å². The third-order valence-corrected chi connectivity index (χ3v) is 4.29. The van der Waals surface area contributed by atoms with Crippen molar-refractivity contribution < 1.29 is 4.79 Å². The summed E-state index contributed by atoms with van der Waals surface area (Å²) in [5.41, 5.74) is 9.93. The van der Waals surface area contributed by atoms with E-state index in [1.165, 1.54) is 24.0 Å². The molecule has 1 aromatic carbocycles. The highest BCUT2D eigenvalue weighted by molar-refractivity contribution is 5.94. The molecule has 116 valence electrons. The highest BCUT2D eigenvalue weighted by Crippen LogP contribution is 2.29. The van der Waals surface area contributed by atoms with Crippen molar-refractivity contribution in [3.8, 4) is 0 Å². The Hall–Kier alpha value is -1.35. The van der Waals surface area contributed by atoms with E-state index in [9.17, 15) is 4.79 Å². The first-order valence-electron chi connectivity index (χ1n) is 8.33. The van der Waals surface area contributed by atoms with Gasteiger partial charge in [-0.05, 0) is 42.9 Å².